The number of benzene rings is 1. The number of methoxy groups -OCH3 is 1. The molecule has 0 bridgehead atoms. The Morgan fingerprint density at radius 2 is 1.93 bits per heavy atom. The molecule has 0 saturated carbocycles. The molecular formula is C20H19N3O6. The van der Waals surface area contributed by atoms with Crippen LogP contribution in [-0.4, -0.2) is 34.7 Å². The van der Waals surface area contributed by atoms with Gasteiger partial charge < -0.3 is 19.2 Å². The first-order chi connectivity index (χ1) is 14.0. The van der Waals surface area contributed by atoms with Crippen LogP contribution in [0.3, 0.4) is 0 Å². The van der Waals surface area contributed by atoms with Gasteiger partial charge >= 0.3 is 11.9 Å². The fourth-order valence-corrected chi connectivity index (χ4v) is 2.62. The number of nitrogens with one attached hydrogen (secondary N) is 1. The first kappa shape index (κ1) is 19.9. The van der Waals surface area contributed by atoms with Crippen molar-refractivity contribution in [3.8, 4) is 0 Å². The molecule has 1 unspecified atom stereocenters. The number of esters is 2. The molecule has 29 heavy (non-hydrogen) atoms. The number of nitrogens with zero attached hydrogens (tertiary/aromatic N) is 2. The van der Waals surface area contributed by atoms with Gasteiger partial charge in [-0.15, -0.1) is 0 Å². The number of hydrogen-bond donors (Lipinski definition) is 1. The predicted octanol–water partition coefficient (Wildman–Crippen LogP) is 2.55. The minimum absolute atomic E-state index is 0.0928. The Kier molecular flexibility index (Phi) is 6.08. The number of rotatable bonds is 7. The summed E-state index contributed by atoms with van der Waals surface area (Å²) in [7, 11) is 1.27. The molecular weight excluding hydrogens is 378 g/mol. The van der Waals surface area contributed by atoms with Gasteiger partial charge in [-0.05, 0) is 12.1 Å². The van der Waals surface area contributed by atoms with Gasteiger partial charge in [0, 0.05) is 18.7 Å². The Morgan fingerprint density at radius 1 is 1.17 bits per heavy atom. The summed E-state index contributed by atoms with van der Waals surface area (Å²) in [5, 5.41) is 6.83. The Bertz CT molecular complexity index is 1010. The van der Waals surface area contributed by atoms with Crippen molar-refractivity contribution >= 4 is 23.5 Å². The molecule has 9 heteroatoms. The van der Waals surface area contributed by atoms with E-state index in [0.29, 0.717) is 17.0 Å². The highest BCUT2D eigenvalue weighted by atomic mass is 16.5. The quantitative estimate of drug-likeness (QED) is 0.610. The van der Waals surface area contributed by atoms with E-state index in [1.807, 2.05) is 0 Å². The van der Waals surface area contributed by atoms with E-state index < -0.39 is 23.9 Å². The van der Waals surface area contributed by atoms with Gasteiger partial charge in [-0.1, -0.05) is 30.3 Å². The Morgan fingerprint density at radius 3 is 2.62 bits per heavy atom. The minimum atomic E-state index is -1.08. The molecule has 9 nitrogen and oxygen atoms in total. The maximum absolute atomic E-state index is 12.6. The van der Waals surface area contributed by atoms with E-state index in [1.54, 1.807) is 42.6 Å². The molecule has 2 heterocycles. The van der Waals surface area contributed by atoms with E-state index in [9.17, 15) is 14.4 Å². The van der Waals surface area contributed by atoms with Crippen molar-refractivity contribution in [2.45, 2.75) is 19.6 Å². The Hall–Kier alpha value is -3.88. The zero-order chi connectivity index (χ0) is 20.8. The lowest BCUT2D eigenvalue weighted by Gasteiger charge is -2.16. The molecule has 0 spiro atoms. The molecule has 0 aliphatic rings. The second-order valence-corrected chi connectivity index (χ2v) is 6.07. The van der Waals surface area contributed by atoms with Gasteiger partial charge in [0.15, 0.2) is 0 Å². The second kappa shape index (κ2) is 8.87. The zero-order valence-electron chi connectivity index (χ0n) is 15.8. The minimum Gasteiger partial charge on any atom is -0.463 e. The molecule has 3 aromatic rings. The summed E-state index contributed by atoms with van der Waals surface area (Å²) in [4.78, 5) is 35.5. The highest BCUT2D eigenvalue weighted by Gasteiger charge is 2.24. The number of aromatic nitrogens is 2. The number of carbonyl (C=O) groups is 3. The smallest absolute Gasteiger partial charge is 0.373 e. The van der Waals surface area contributed by atoms with Crippen molar-refractivity contribution in [2.24, 2.45) is 0 Å². The number of ether oxygens (including phenoxy) is 2. The van der Waals surface area contributed by atoms with Gasteiger partial charge in [-0.3, -0.25) is 14.3 Å². The molecule has 2 aromatic heterocycles. The summed E-state index contributed by atoms with van der Waals surface area (Å²) in [5.74, 6) is -1.05. The average Bonchev–Trinajstić information content (AvgIpc) is 3.36. The van der Waals surface area contributed by atoms with Crippen LogP contribution in [-0.2, 0) is 25.6 Å². The van der Waals surface area contributed by atoms with Crippen LogP contribution in [0.15, 0.2) is 59.3 Å². The van der Waals surface area contributed by atoms with E-state index in [0.717, 1.165) is 0 Å². The van der Waals surface area contributed by atoms with Crippen LogP contribution in [0, 0.1) is 0 Å². The van der Waals surface area contributed by atoms with Crippen LogP contribution in [0.1, 0.15) is 34.9 Å². The molecule has 0 fully saturated rings. The molecule has 0 radical (unpaired) electrons. The molecule has 0 saturated heterocycles. The van der Waals surface area contributed by atoms with Crippen molar-refractivity contribution in [1.82, 2.24) is 9.78 Å². The Labute approximate surface area is 166 Å². The van der Waals surface area contributed by atoms with E-state index in [-0.39, 0.29) is 12.3 Å². The van der Waals surface area contributed by atoms with Crippen LogP contribution in [0.4, 0.5) is 5.69 Å². The SMILES string of the molecule is COC(=O)c1ccc(Cn2cc(NC(=O)C(OC(C)=O)c3ccccc3)cn2)o1. The van der Waals surface area contributed by atoms with Gasteiger partial charge in [-0.25, -0.2) is 4.79 Å². The molecule has 3 rings (SSSR count). The number of amides is 1. The highest BCUT2D eigenvalue weighted by Crippen LogP contribution is 2.20. The lowest BCUT2D eigenvalue weighted by Crippen LogP contribution is -2.24. The summed E-state index contributed by atoms with van der Waals surface area (Å²) < 4.78 is 16.7. The van der Waals surface area contributed by atoms with Crippen molar-refractivity contribution in [2.75, 3.05) is 12.4 Å². The third-order valence-corrected chi connectivity index (χ3v) is 3.89. The van der Waals surface area contributed by atoms with Crippen molar-refractivity contribution in [1.29, 1.82) is 0 Å². The summed E-state index contributed by atoms with van der Waals surface area (Å²) in [6, 6.07) is 11.9. The third-order valence-electron chi connectivity index (χ3n) is 3.89. The lowest BCUT2D eigenvalue weighted by molar-refractivity contribution is -0.152. The lowest BCUT2D eigenvalue weighted by atomic mass is 10.1. The van der Waals surface area contributed by atoms with E-state index >= 15 is 0 Å². The zero-order valence-corrected chi connectivity index (χ0v) is 15.8. The molecule has 150 valence electrons. The van der Waals surface area contributed by atoms with E-state index in [1.165, 1.54) is 31.0 Å². The highest BCUT2D eigenvalue weighted by molar-refractivity contribution is 5.95. The van der Waals surface area contributed by atoms with Crippen molar-refractivity contribution in [3.05, 3.63) is 71.9 Å². The predicted molar refractivity (Wildman–Crippen MR) is 101 cm³/mol. The van der Waals surface area contributed by atoms with Crippen molar-refractivity contribution in [3.63, 3.8) is 0 Å². The molecule has 1 aromatic carbocycles. The molecule has 0 aliphatic carbocycles. The van der Waals surface area contributed by atoms with Crippen LogP contribution in [0.5, 0.6) is 0 Å². The summed E-state index contributed by atoms with van der Waals surface area (Å²) in [6.07, 6.45) is 1.97. The first-order valence-corrected chi connectivity index (χ1v) is 8.69. The number of anilines is 1. The molecule has 0 aliphatic heterocycles. The number of hydrogen-bond acceptors (Lipinski definition) is 7. The molecule has 1 N–H and O–H groups in total. The van der Waals surface area contributed by atoms with Crippen molar-refractivity contribution < 1.29 is 28.3 Å². The maximum Gasteiger partial charge on any atom is 0.373 e. The fourth-order valence-electron chi connectivity index (χ4n) is 2.62. The first-order valence-electron chi connectivity index (χ1n) is 8.69. The summed E-state index contributed by atoms with van der Waals surface area (Å²) in [5.41, 5.74) is 0.973. The van der Waals surface area contributed by atoms with Crippen LogP contribution in [0.2, 0.25) is 0 Å². The van der Waals surface area contributed by atoms with Gasteiger partial charge in [0.25, 0.3) is 5.91 Å². The van der Waals surface area contributed by atoms with E-state index in [2.05, 4.69) is 15.2 Å². The van der Waals surface area contributed by atoms with E-state index in [4.69, 9.17) is 9.15 Å². The normalized spacial score (nSPS) is 11.5. The fraction of sp³-hybridized carbons (Fsp3) is 0.200. The Balaban J connectivity index is 1.68. The van der Waals surface area contributed by atoms with Gasteiger partial charge in [-0.2, -0.15) is 5.10 Å². The standard InChI is InChI=1S/C20H19N3O6/c1-13(24)28-18(14-6-4-3-5-7-14)19(25)22-15-10-21-23(11-15)12-16-8-9-17(29-16)20(26)27-2/h3-11,18H,12H2,1-2H3,(H,22,25). The molecule has 1 amide bonds. The van der Waals surface area contributed by atoms with Crippen LogP contribution in [0.25, 0.3) is 0 Å². The monoisotopic (exact) mass is 397 g/mol. The van der Waals surface area contributed by atoms with Crippen LogP contribution < -0.4 is 5.32 Å². The number of carbonyl (C=O) groups excluding carboxylic acids is 3. The third kappa shape index (κ3) is 5.10. The summed E-state index contributed by atoms with van der Waals surface area (Å²) in [6.45, 7) is 1.49. The van der Waals surface area contributed by atoms with Gasteiger partial charge in [0.1, 0.15) is 5.76 Å². The summed E-state index contributed by atoms with van der Waals surface area (Å²) >= 11 is 0. The van der Waals surface area contributed by atoms with Crippen LogP contribution >= 0.6 is 0 Å². The van der Waals surface area contributed by atoms with Gasteiger partial charge in [0.2, 0.25) is 11.9 Å². The topological polar surface area (TPSA) is 113 Å². The average molecular weight is 397 g/mol. The molecule has 1 atom stereocenters. The second-order valence-electron chi connectivity index (χ2n) is 6.07. The maximum atomic E-state index is 12.6. The number of furan rings is 1. The largest absolute Gasteiger partial charge is 0.463 e. The van der Waals surface area contributed by atoms with Gasteiger partial charge in [0.05, 0.1) is 25.5 Å².